The Hall–Kier alpha value is -1.97. The molecular weight excluding hydrogens is 281 g/mol. The number of esters is 1. The Morgan fingerprint density at radius 2 is 1.91 bits per heavy atom. The summed E-state index contributed by atoms with van der Waals surface area (Å²) in [5, 5.41) is 0.520. The highest BCUT2D eigenvalue weighted by Gasteiger charge is 2.23. The second-order valence-corrected chi connectivity index (χ2v) is 6.52. The van der Waals surface area contributed by atoms with Gasteiger partial charge in [0.1, 0.15) is 11.3 Å². The predicted molar refractivity (Wildman–Crippen MR) is 85.8 cm³/mol. The number of aromatic nitrogens is 1. The Balaban J connectivity index is 2.88. The number of fused-ring (bicyclic) bond motifs is 1. The van der Waals surface area contributed by atoms with E-state index in [1.54, 1.807) is 13.8 Å². The molecule has 1 aromatic carbocycles. The number of hydrogen-bond acceptors (Lipinski definition) is 3. The first kappa shape index (κ1) is 16.4. The van der Waals surface area contributed by atoms with Crippen molar-refractivity contribution in [1.29, 1.82) is 0 Å². The number of carbonyl (C=O) groups excluding carboxylic acids is 1. The van der Waals surface area contributed by atoms with Gasteiger partial charge in [-0.2, -0.15) is 0 Å². The molecule has 0 radical (unpaired) electrons. The molecule has 0 fully saturated rings. The number of hydrogen-bond donors (Lipinski definition) is 0. The normalized spacial score (nSPS) is 11.8. The van der Waals surface area contributed by atoms with Crippen LogP contribution in [0.1, 0.15) is 54.9 Å². The number of pyridine rings is 1. The van der Waals surface area contributed by atoms with Gasteiger partial charge < -0.3 is 4.74 Å². The number of aryl methyl sites for hydroxylation is 1. The summed E-state index contributed by atoms with van der Waals surface area (Å²) in [6, 6.07) is 3.35. The SMILES string of the molecule is CCOC(=O)c1c(C)c(C)nc2c(F)cc(C(C)(C)C)cc12. The Labute approximate surface area is 130 Å². The average molecular weight is 303 g/mol. The minimum Gasteiger partial charge on any atom is -0.462 e. The fourth-order valence-electron chi connectivity index (χ4n) is 2.44. The molecule has 2 rings (SSSR count). The zero-order valence-corrected chi connectivity index (χ0v) is 14.0. The van der Waals surface area contributed by atoms with E-state index in [0.29, 0.717) is 16.6 Å². The second-order valence-electron chi connectivity index (χ2n) is 6.52. The quantitative estimate of drug-likeness (QED) is 0.769. The Kier molecular flexibility index (Phi) is 4.23. The van der Waals surface area contributed by atoms with E-state index in [1.807, 2.05) is 33.8 Å². The molecule has 1 heterocycles. The van der Waals surface area contributed by atoms with E-state index >= 15 is 0 Å². The first-order valence-electron chi connectivity index (χ1n) is 7.44. The van der Waals surface area contributed by atoms with Gasteiger partial charge >= 0.3 is 5.97 Å². The van der Waals surface area contributed by atoms with Gasteiger partial charge in [0, 0.05) is 11.1 Å². The third-order valence-electron chi connectivity index (χ3n) is 3.88. The van der Waals surface area contributed by atoms with E-state index in [0.717, 1.165) is 11.1 Å². The van der Waals surface area contributed by atoms with Crippen molar-refractivity contribution in [3.8, 4) is 0 Å². The van der Waals surface area contributed by atoms with Gasteiger partial charge in [-0.05, 0) is 49.4 Å². The summed E-state index contributed by atoms with van der Waals surface area (Å²) < 4.78 is 19.7. The maximum absolute atomic E-state index is 14.5. The second kappa shape index (κ2) is 5.67. The maximum Gasteiger partial charge on any atom is 0.339 e. The maximum atomic E-state index is 14.5. The minimum atomic E-state index is -0.430. The lowest BCUT2D eigenvalue weighted by Gasteiger charge is -2.21. The van der Waals surface area contributed by atoms with Crippen molar-refractivity contribution in [3.63, 3.8) is 0 Å². The molecule has 0 amide bonds. The van der Waals surface area contributed by atoms with E-state index in [2.05, 4.69) is 4.98 Å². The molecule has 1 aromatic heterocycles. The fourth-order valence-corrected chi connectivity index (χ4v) is 2.44. The predicted octanol–water partition coefficient (Wildman–Crippen LogP) is 4.46. The fraction of sp³-hybridized carbons (Fsp3) is 0.444. The van der Waals surface area contributed by atoms with Crippen LogP contribution in [0.4, 0.5) is 4.39 Å². The van der Waals surface area contributed by atoms with Crippen LogP contribution in [0.25, 0.3) is 10.9 Å². The molecule has 0 aliphatic heterocycles. The van der Waals surface area contributed by atoms with Crippen molar-refractivity contribution in [2.45, 2.75) is 47.0 Å². The van der Waals surface area contributed by atoms with E-state index < -0.39 is 11.8 Å². The summed E-state index contributed by atoms with van der Waals surface area (Å²) >= 11 is 0. The van der Waals surface area contributed by atoms with Crippen molar-refractivity contribution in [1.82, 2.24) is 4.98 Å². The number of benzene rings is 1. The number of ether oxygens (including phenoxy) is 1. The van der Waals surface area contributed by atoms with E-state index in [4.69, 9.17) is 4.74 Å². The van der Waals surface area contributed by atoms with Crippen molar-refractivity contribution >= 4 is 16.9 Å². The van der Waals surface area contributed by atoms with Gasteiger partial charge in [0.25, 0.3) is 0 Å². The van der Waals surface area contributed by atoms with E-state index in [-0.39, 0.29) is 17.5 Å². The molecule has 0 N–H and O–H groups in total. The van der Waals surface area contributed by atoms with Gasteiger partial charge in [0.2, 0.25) is 0 Å². The lowest BCUT2D eigenvalue weighted by atomic mass is 9.85. The third-order valence-corrected chi connectivity index (χ3v) is 3.88. The third kappa shape index (κ3) is 2.82. The molecule has 22 heavy (non-hydrogen) atoms. The van der Waals surface area contributed by atoms with Gasteiger partial charge in [-0.3, -0.25) is 0 Å². The molecule has 0 saturated heterocycles. The monoisotopic (exact) mass is 303 g/mol. The van der Waals surface area contributed by atoms with Gasteiger partial charge in [-0.25, -0.2) is 14.2 Å². The van der Waals surface area contributed by atoms with Crippen LogP contribution >= 0.6 is 0 Å². The average Bonchev–Trinajstić information content (AvgIpc) is 2.40. The summed E-state index contributed by atoms with van der Waals surface area (Å²) in [5.41, 5.74) is 2.61. The van der Waals surface area contributed by atoms with Crippen molar-refractivity contribution in [2.75, 3.05) is 6.61 Å². The molecule has 0 spiro atoms. The zero-order chi connectivity index (χ0) is 16.7. The minimum absolute atomic E-state index is 0.221. The molecule has 118 valence electrons. The summed E-state index contributed by atoms with van der Waals surface area (Å²) in [6.07, 6.45) is 0. The van der Waals surface area contributed by atoms with E-state index in [1.165, 1.54) is 6.07 Å². The highest BCUT2D eigenvalue weighted by molar-refractivity contribution is 6.05. The molecule has 0 aliphatic carbocycles. The van der Waals surface area contributed by atoms with Crippen LogP contribution in [0.2, 0.25) is 0 Å². The molecule has 0 bridgehead atoms. The Morgan fingerprint density at radius 3 is 2.45 bits per heavy atom. The molecule has 2 aromatic rings. The smallest absolute Gasteiger partial charge is 0.339 e. The zero-order valence-electron chi connectivity index (χ0n) is 14.0. The summed E-state index contributed by atoms with van der Waals surface area (Å²) in [6.45, 7) is 11.6. The summed E-state index contributed by atoms with van der Waals surface area (Å²) in [7, 11) is 0. The lowest BCUT2D eigenvalue weighted by molar-refractivity contribution is 0.0527. The first-order chi connectivity index (χ1) is 10.2. The molecular formula is C18H22FNO2. The number of carbonyl (C=O) groups is 1. The van der Waals surface area contributed by atoms with Crippen LogP contribution in [0.15, 0.2) is 12.1 Å². The van der Waals surface area contributed by atoms with Gasteiger partial charge in [-0.15, -0.1) is 0 Å². The Morgan fingerprint density at radius 1 is 1.27 bits per heavy atom. The molecule has 0 aliphatic rings. The number of nitrogens with zero attached hydrogens (tertiary/aromatic N) is 1. The molecule has 3 nitrogen and oxygen atoms in total. The van der Waals surface area contributed by atoms with Gasteiger partial charge in [-0.1, -0.05) is 20.8 Å². The van der Waals surface area contributed by atoms with Crippen LogP contribution in [0.5, 0.6) is 0 Å². The van der Waals surface area contributed by atoms with Crippen LogP contribution in [0.3, 0.4) is 0 Å². The molecule has 0 unspecified atom stereocenters. The van der Waals surface area contributed by atoms with Gasteiger partial charge in [0.05, 0.1) is 12.2 Å². The summed E-state index contributed by atoms with van der Waals surface area (Å²) in [4.78, 5) is 16.6. The number of halogens is 1. The standard InChI is InChI=1S/C18H22FNO2/c1-7-22-17(21)15-10(2)11(3)20-16-13(15)8-12(9-14(16)19)18(4,5)6/h8-9H,7H2,1-6H3. The lowest BCUT2D eigenvalue weighted by Crippen LogP contribution is -2.14. The van der Waals surface area contributed by atoms with E-state index in [9.17, 15) is 9.18 Å². The largest absolute Gasteiger partial charge is 0.462 e. The van der Waals surface area contributed by atoms with Crippen LogP contribution in [-0.2, 0) is 10.2 Å². The molecule has 4 heteroatoms. The highest BCUT2D eigenvalue weighted by Crippen LogP contribution is 2.31. The van der Waals surface area contributed by atoms with Crippen LogP contribution in [-0.4, -0.2) is 17.6 Å². The van der Waals surface area contributed by atoms with Crippen LogP contribution < -0.4 is 0 Å². The van der Waals surface area contributed by atoms with Gasteiger partial charge in [0.15, 0.2) is 0 Å². The molecule has 0 saturated carbocycles. The Bertz CT molecular complexity index is 745. The number of rotatable bonds is 2. The van der Waals surface area contributed by atoms with Crippen molar-refractivity contribution in [2.24, 2.45) is 0 Å². The molecule has 0 atom stereocenters. The topological polar surface area (TPSA) is 39.2 Å². The van der Waals surface area contributed by atoms with Crippen molar-refractivity contribution < 1.29 is 13.9 Å². The highest BCUT2D eigenvalue weighted by atomic mass is 19.1. The van der Waals surface area contributed by atoms with Crippen LogP contribution in [0, 0.1) is 19.7 Å². The first-order valence-corrected chi connectivity index (χ1v) is 7.44. The summed E-state index contributed by atoms with van der Waals surface area (Å²) in [5.74, 6) is -0.836. The van der Waals surface area contributed by atoms with Crippen molar-refractivity contribution in [3.05, 3.63) is 40.3 Å².